The van der Waals surface area contributed by atoms with Gasteiger partial charge in [0.25, 0.3) is 0 Å². The maximum Gasteiger partial charge on any atom is 0.191 e. The summed E-state index contributed by atoms with van der Waals surface area (Å²) in [5.41, 5.74) is 0. The number of aliphatic hydroxyl groups is 1. The Bertz CT molecular complexity index is 749. The van der Waals surface area contributed by atoms with E-state index in [-0.39, 0.29) is 6.61 Å². The van der Waals surface area contributed by atoms with Crippen LogP contribution in [0, 0.1) is 0 Å². The van der Waals surface area contributed by atoms with Gasteiger partial charge >= 0.3 is 0 Å². The highest BCUT2D eigenvalue weighted by atomic mass is 35.5. The van der Waals surface area contributed by atoms with Crippen molar-refractivity contribution in [1.82, 2.24) is 14.8 Å². The first kappa shape index (κ1) is 18.6. The van der Waals surface area contributed by atoms with E-state index >= 15 is 0 Å². The molecule has 0 saturated heterocycles. The Kier molecular flexibility index (Phi) is 6.28. The predicted octanol–water partition coefficient (Wildman–Crippen LogP) is 4.18. The average molecular weight is 400 g/mol. The maximum atomic E-state index is 10.2. The average Bonchev–Trinajstić information content (AvgIpc) is 3.35. The van der Waals surface area contributed by atoms with Crippen molar-refractivity contribution in [3.05, 3.63) is 46.7 Å². The molecule has 1 saturated carbocycles. The molecule has 0 radical (unpaired) electrons. The Balaban J connectivity index is 1.53. The topological polar surface area (TPSA) is 60.2 Å². The summed E-state index contributed by atoms with van der Waals surface area (Å²) in [5, 5.41) is 20.5. The Hall–Kier alpha value is -1.21. The molecular formula is C17H19Cl2N3O2S. The van der Waals surface area contributed by atoms with Crippen molar-refractivity contribution in [2.24, 2.45) is 0 Å². The highest BCUT2D eigenvalue weighted by Gasteiger charge is 2.30. The van der Waals surface area contributed by atoms with E-state index in [0.29, 0.717) is 34.0 Å². The van der Waals surface area contributed by atoms with Crippen molar-refractivity contribution in [3.63, 3.8) is 0 Å². The fraction of sp³-hybridized carbons (Fsp3) is 0.412. The van der Waals surface area contributed by atoms with Gasteiger partial charge in [-0.1, -0.05) is 41.0 Å². The summed E-state index contributed by atoms with van der Waals surface area (Å²) in [7, 11) is 0. The summed E-state index contributed by atoms with van der Waals surface area (Å²) in [6.07, 6.45) is 3.51. The van der Waals surface area contributed by atoms with Crippen molar-refractivity contribution >= 4 is 35.0 Å². The van der Waals surface area contributed by atoms with Crippen molar-refractivity contribution in [3.8, 4) is 5.75 Å². The van der Waals surface area contributed by atoms with Gasteiger partial charge in [-0.15, -0.1) is 16.8 Å². The van der Waals surface area contributed by atoms with Crippen LogP contribution in [0.1, 0.15) is 24.6 Å². The van der Waals surface area contributed by atoms with Gasteiger partial charge in [-0.25, -0.2) is 0 Å². The standard InChI is InChI=1S/C17H19Cl2N3O2S/c1-2-7-22-16(11-3-4-11)20-21-17(22)25-10-13(23)9-24-15-6-5-12(18)8-14(15)19/h2,5-6,8,11,13,23H,1,3-4,7,9-10H2. The monoisotopic (exact) mass is 399 g/mol. The smallest absolute Gasteiger partial charge is 0.191 e. The van der Waals surface area contributed by atoms with Crippen molar-refractivity contribution in [2.45, 2.75) is 36.6 Å². The largest absolute Gasteiger partial charge is 0.489 e. The van der Waals surface area contributed by atoms with Gasteiger partial charge in [0.1, 0.15) is 18.2 Å². The zero-order valence-electron chi connectivity index (χ0n) is 13.6. The molecule has 1 N–H and O–H groups in total. The lowest BCUT2D eigenvalue weighted by Crippen LogP contribution is -2.20. The third kappa shape index (κ3) is 4.91. The summed E-state index contributed by atoms with van der Waals surface area (Å²) >= 11 is 13.4. The van der Waals surface area contributed by atoms with Gasteiger partial charge in [0.2, 0.25) is 0 Å². The number of aromatic nitrogens is 3. The van der Waals surface area contributed by atoms with E-state index in [1.165, 1.54) is 11.8 Å². The number of thioether (sulfide) groups is 1. The number of benzene rings is 1. The Morgan fingerprint density at radius 1 is 1.40 bits per heavy atom. The van der Waals surface area contributed by atoms with Crippen LogP contribution in [0.25, 0.3) is 0 Å². The number of rotatable bonds is 9. The van der Waals surface area contributed by atoms with Crippen LogP contribution in [-0.4, -0.2) is 38.3 Å². The minimum atomic E-state index is -0.657. The van der Waals surface area contributed by atoms with Crippen LogP contribution in [0.15, 0.2) is 36.0 Å². The number of allylic oxidation sites excluding steroid dienone is 1. The van der Waals surface area contributed by atoms with Crippen LogP contribution in [-0.2, 0) is 6.54 Å². The minimum absolute atomic E-state index is 0.138. The number of ether oxygens (including phenoxy) is 1. The Morgan fingerprint density at radius 2 is 2.20 bits per heavy atom. The molecule has 1 unspecified atom stereocenters. The van der Waals surface area contributed by atoms with E-state index in [4.69, 9.17) is 27.9 Å². The molecule has 134 valence electrons. The molecule has 8 heteroatoms. The molecule has 1 aliphatic rings. The molecule has 5 nitrogen and oxygen atoms in total. The third-order valence-electron chi connectivity index (χ3n) is 3.73. The highest BCUT2D eigenvalue weighted by molar-refractivity contribution is 7.99. The quantitative estimate of drug-likeness (QED) is 0.506. The fourth-order valence-electron chi connectivity index (χ4n) is 2.35. The van der Waals surface area contributed by atoms with Gasteiger partial charge < -0.3 is 14.4 Å². The molecule has 0 amide bonds. The van der Waals surface area contributed by atoms with Crippen LogP contribution in [0.4, 0.5) is 0 Å². The van der Waals surface area contributed by atoms with Crippen molar-refractivity contribution in [1.29, 1.82) is 0 Å². The SMILES string of the molecule is C=CCn1c(SCC(O)COc2ccc(Cl)cc2Cl)nnc1C1CC1. The van der Waals surface area contributed by atoms with E-state index in [1.807, 2.05) is 6.08 Å². The third-order valence-corrected chi connectivity index (χ3v) is 5.37. The van der Waals surface area contributed by atoms with E-state index < -0.39 is 6.10 Å². The minimum Gasteiger partial charge on any atom is -0.489 e. The highest BCUT2D eigenvalue weighted by Crippen LogP contribution is 2.40. The summed E-state index contributed by atoms with van der Waals surface area (Å²) in [4.78, 5) is 0. The normalized spacial score (nSPS) is 15.2. The van der Waals surface area contributed by atoms with Crippen LogP contribution in [0.3, 0.4) is 0 Å². The number of hydrogen-bond acceptors (Lipinski definition) is 5. The number of aliphatic hydroxyl groups excluding tert-OH is 1. The lowest BCUT2D eigenvalue weighted by atomic mass is 10.3. The maximum absolute atomic E-state index is 10.2. The van der Waals surface area contributed by atoms with E-state index in [0.717, 1.165) is 23.8 Å². The molecule has 1 fully saturated rings. The molecule has 0 aliphatic heterocycles. The van der Waals surface area contributed by atoms with Gasteiger partial charge in [-0.3, -0.25) is 0 Å². The first-order valence-corrected chi connectivity index (χ1v) is 9.75. The fourth-order valence-corrected chi connectivity index (χ4v) is 3.67. The van der Waals surface area contributed by atoms with Crippen LogP contribution in [0.5, 0.6) is 5.75 Å². The van der Waals surface area contributed by atoms with Gasteiger partial charge in [0.15, 0.2) is 5.16 Å². The lowest BCUT2D eigenvalue weighted by Gasteiger charge is -2.13. The van der Waals surface area contributed by atoms with Gasteiger partial charge in [-0.2, -0.15) is 0 Å². The van der Waals surface area contributed by atoms with Gasteiger partial charge in [-0.05, 0) is 31.0 Å². The van der Waals surface area contributed by atoms with Crippen molar-refractivity contribution < 1.29 is 9.84 Å². The molecule has 1 aromatic heterocycles. The second-order valence-corrected chi connectivity index (χ2v) is 7.70. The second-order valence-electron chi connectivity index (χ2n) is 5.86. The summed E-state index contributed by atoms with van der Waals surface area (Å²) in [6.45, 7) is 4.61. The second kappa shape index (κ2) is 8.45. The Labute approximate surface area is 161 Å². The molecule has 3 rings (SSSR count). The zero-order chi connectivity index (χ0) is 17.8. The van der Waals surface area contributed by atoms with Crippen LogP contribution in [0.2, 0.25) is 10.0 Å². The first-order chi connectivity index (χ1) is 12.1. The first-order valence-electron chi connectivity index (χ1n) is 8.01. The van der Waals surface area contributed by atoms with E-state index in [2.05, 4.69) is 21.3 Å². The lowest BCUT2D eigenvalue weighted by molar-refractivity contribution is 0.126. The van der Waals surface area contributed by atoms with E-state index in [9.17, 15) is 5.11 Å². The summed E-state index contributed by atoms with van der Waals surface area (Å²) < 4.78 is 7.63. The molecule has 0 spiro atoms. The number of nitrogens with zero attached hydrogens (tertiary/aromatic N) is 3. The van der Waals surface area contributed by atoms with E-state index in [1.54, 1.807) is 18.2 Å². The molecular weight excluding hydrogens is 381 g/mol. The summed E-state index contributed by atoms with van der Waals surface area (Å²) in [5.74, 6) is 2.48. The van der Waals surface area contributed by atoms with Crippen LogP contribution < -0.4 is 4.74 Å². The molecule has 0 bridgehead atoms. The van der Waals surface area contributed by atoms with Gasteiger partial charge in [0.05, 0.1) is 11.1 Å². The Morgan fingerprint density at radius 3 is 2.88 bits per heavy atom. The van der Waals surface area contributed by atoms with Crippen molar-refractivity contribution in [2.75, 3.05) is 12.4 Å². The predicted molar refractivity (Wildman–Crippen MR) is 101 cm³/mol. The zero-order valence-corrected chi connectivity index (χ0v) is 15.9. The van der Waals surface area contributed by atoms with Gasteiger partial charge in [0, 0.05) is 23.2 Å². The van der Waals surface area contributed by atoms with Crippen LogP contribution >= 0.6 is 35.0 Å². The molecule has 1 aliphatic carbocycles. The number of halogens is 2. The molecule has 25 heavy (non-hydrogen) atoms. The molecule has 1 aromatic carbocycles. The molecule has 1 atom stereocenters. The molecule has 2 aromatic rings. The number of hydrogen-bond donors (Lipinski definition) is 1. The molecule has 1 heterocycles. The summed E-state index contributed by atoms with van der Waals surface area (Å²) in [6, 6.07) is 4.99.